The maximum absolute atomic E-state index is 10.6. The van der Waals surface area contributed by atoms with Gasteiger partial charge in [-0.15, -0.1) is 0 Å². The molecule has 2 heterocycles. The number of hydrogen-bond acceptors (Lipinski definition) is 4. The fourth-order valence-electron chi connectivity index (χ4n) is 4.19. The summed E-state index contributed by atoms with van der Waals surface area (Å²) in [6.45, 7) is 5.55. The van der Waals surface area contributed by atoms with E-state index < -0.39 is 12.5 Å². The number of rotatable bonds is 8. The molecule has 0 bridgehead atoms. The van der Waals surface area contributed by atoms with Gasteiger partial charge >= 0.3 is 0 Å². The predicted octanol–water partition coefficient (Wildman–Crippen LogP) is 3.53. The van der Waals surface area contributed by atoms with E-state index in [4.69, 9.17) is 0 Å². The van der Waals surface area contributed by atoms with Gasteiger partial charge in [0.05, 0.1) is 0 Å². The minimum Gasteiger partial charge on any atom is -0.374 e. The van der Waals surface area contributed by atoms with Crippen LogP contribution in [0.1, 0.15) is 48.9 Å². The van der Waals surface area contributed by atoms with Crippen molar-refractivity contribution in [1.82, 2.24) is 14.8 Å². The summed E-state index contributed by atoms with van der Waals surface area (Å²) in [5.41, 5.74) is 4.18. The summed E-state index contributed by atoms with van der Waals surface area (Å²) in [5, 5.41) is 25.9. The zero-order chi connectivity index (χ0) is 19.5. The Hall–Kier alpha value is -2.18. The number of para-hydroxylation sites is 1. The Labute approximate surface area is 166 Å². The van der Waals surface area contributed by atoms with Crippen LogP contribution in [0.4, 0.5) is 0 Å². The van der Waals surface area contributed by atoms with Gasteiger partial charge in [-0.3, -0.25) is 0 Å². The van der Waals surface area contributed by atoms with Crippen LogP contribution in [0.25, 0.3) is 10.9 Å². The molecule has 1 aliphatic rings. The first-order valence-electron chi connectivity index (χ1n) is 10.2. The Kier molecular flexibility index (Phi) is 5.78. The summed E-state index contributed by atoms with van der Waals surface area (Å²) in [6, 6.07) is 16.1. The first-order chi connectivity index (χ1) is 13.7. The lowest BCUT2D eigenvalue weighted by Gasteiger charge is -2.24. The molecule has 3 N–H and O–H groups in total. The van der Waals surface area contributed by atoms with Gasteiger partial charge in [0.1, 0.15) is 12.5 Å². The van der Waals surface area contributed by atoms with Crippen LogP contribution in [-0.4, -0.2) is 32.8 Å². The average molecular weight is 380 g/mol. The summed E-state index contributed by atoms with van der Waals surface area (Å²) in [6.07, 6.45) is 2.74. The van der Waals surface area contributed by atoms with E-state index in [9.17, 15) is 10.2 Å². The van der Waals surface area contributed by atoms with Crippen LogP contribution in [0, 0.1) is 0 Å². The molecule has 5 nitrogen and oxygen atoms in total. The highest BCUT2D eigenvalue weighted by atomic mass is 16.3. The summed E-state index contributed by atoms with van der Waals surface area (Å²) in [4.78, 5) is 1.76. The van der Waals surface area contributed by atoms with Gasteiger partial charge in [0.15, 0.2) is 0 Å². The highest BCUT2D eigenvalue weighted by molar-refractivity contribution is 5.83. The number of aliphatic hydroxyl groups is 2. The van der Waals surface area contributed by atoms with Gasteiger partial charge in [-0.1, -0.05) is 49.4 Å². The number of aliphatic hydroxyl groups excluding tert-OH is 2. The minimum atomic E-state index is -0.735. The summed E-state index contributed by atoms with van der Waals surface area (Å²) >= 11 is 0. The van der Waals surface area contributed by atoms with Crippen LogP contribution in [0.3, 0.4) is 0 Å². The van der Waals surface area contributed by atoms with Crippen LogP contribution < -0.4 is 5.32 Å². The number of aryl methyl sites for hydroxylation is 1. The smallest absolute Gasteiger partial charge is 0.136 e. The molecule has 0 saturated heterocycles. The topological polar surface area (TPSA) is 60.7 Å². The molecular formula is C23H29N3O2. The average Bonchev–Trinajstić information content (AvgIpc) is 3.19. The van der Waals surface area contributed by atoms with E-state index >= 15 is 0 Å². The Morgan fingerprint density at radius 3 is 2.32 bits per heavy atom. The fraction of sp³-hybridized carbons (Fsp3) is 0.391. The van der Waals surface area contributed by atoms with Crippen LogP contribution in [0.2, 0.25) is 0 Å². The molecule has 2 atom stereocenters. The lowest BCUT2D eigenvalue weighted by Crippen LogP contribution is -2.28. The van der Waals surface area contributed by atoms with E-state index in [1.807, 2.05) is 24.3 Å². The van der Waals surface area contributed by atoms with Gasteiger partial charge in [0.25, 0.3) is 0 Å². The van der Waals surface area contributed by atoms with E-state index in [2.05, 4.69) is 47.3 Å². The minimum absolute atomic E-state index is 0.632. The third kappa shape index (κ3) is 3.59. The maximum atomic E-state index is 10.6. The number of benzene rings is 2. The lowest BCUT2D eigenvalue weighted by atomic mass is 10.1. The molecule has 1 aromatic heterocycles. The number of hydrogen-bond donors (Lipinski definition) is 3. The zero-order valence-electron chi connectivity index (χ0n) is 16.4. The molecule has 2 unspecified atom stereocenters. The van der Waals surface area contributed by atoms with Crippen molar-refractivity contribution >= 4 is 10.9 Å². The highest BCUT2D eigenvalue weighted by Gasteiger charge is 2.35. The van der Waals surface area contributed by atoms with Gasteiger partial charge < -0.3 is 20.1 Å². The van der Waals surface area contributed by atoms with Crippen molar-refractivity contribution in [1.29, 1.82) is 0 Å². The van der Waals surface area contributed by atoms with Crippen molar-refractivity contribution in [3.05, 3.63) is 71.4 Å². The third-order valence-corrected chi connectivity index (χ3v) is 5.61. The molecule has 28 heavy (non-hydrogen) atoms. The number of nitrogens with one attached hydrogen (secondary N) is 1. The molecule has 5 heteroatoms. The molecule has 0 radical (unpaired) electrons. The van der Waals surface area contributed by atoms with Crippen molar-refractivity contribution < 1.29 is 10.2 Å². The highest BCUT2D eigenvalue weighted by Crippen LogP contribution is 2.38. The number of nitrogens with zero attached hydrogens (tertiary/aromatic N) is 2. The number of fused-ring (bicyclic) bond motifs is 2. The van der Waals surface area contributed by atoms with E-state index in [1.165, 1.54) is 16.5 Å². The van der Waals surface area contributed by atoms with Gasteiger partial charge in [0.2, 0.25) is 0 Å². The first-order valence-corrected chi connectivity index (χ1v) is 10.2. The normalized spacial score (nSPS) is 19.4. The fourth-order valence-corrected chi connectivity index (χ4v) is 4.19. The summed E-state index contributed by atoms with van der Waals surface area (Å²) in [5.74, 6) is 0. The van der Waals surface area contributed by atoms with Crippen molar-refractivity contribution in [3.8, 4) is 0 Å². The van der Waals surface area contributed by atoms with Crippen molar-refractivity contribution in [2.24, 2.45) is 0 Å². The molecule has 0 fully saturated rings. The lowest BCUT2D eigenvalue weighted by molar-refractivity contribution is -0.0849. The molecular weight excluding hydrogens is 350 g/mol. The Morgan fingerprint density at radius 2 is 1.61 bits per heavy atom. The largest absolute Gasteiger partial charge is 0.374 e. The quantitative estimate of drug-likeness (QED) is 0.524. The molecule has 4 rings (SSSR count). The second-order valence-corrected chi connectivity index (χ2v) is 7.51. The van der Waals surface area contributed by atoms with Gasteiger partial charge in [-0.25, -0.2) is 4.90 Å². The van der Waals surface area contributed by atoms with Crippen molar-refractivity contribution in [2.75, 3.05) is 13.1 Å². The molecule has 0 amide bonds. The monoisotopic (exact) mass is 379 g/mol. The predicted molar refractivity (Wildman–Crippen MR) is 112 cm³/mol. The van der Waals surface area contributed by atoms with Gasteiger partial charge in [-0.05, 0) is 31.0 Å². The molecule has 3 aromatic rings. The van der Waals surface area contributed by atoms with E-state index in [0.717, 1.165) is 43.6 Å². The van der Waals surface area contributed by atoms with Crippen LogP contribution in [-0.2, 0) is 13.1 Å². The van der Waals surface area contributed by atoms with E-state index in [1.54, 1.807) is 4.90 Å². The van der Waals surface area contributed by atoms with Crippen LogP contribution >= 0.6 is 0 Å². The van der Waals surface area contributed by atoms with E-state index in [0.29, 0.717) is 6.54 Å². The summed E-state index contributed by atoms with van der Waals surface area (Å²) < 4.78 is 2.29. The second-order valence-electron chi connectivity index (χ2n) is 7.51. The molecule has 2 aromatic carbocycles. The Balaban J connectivity index is 1.44. The zero-order valence-corrected chi connectivity index (χ0v) is 16.4. The molecule has 0 saturated carbocycles. The van der Waals surface area contributed by atoms with E-state index in [-0.39, 0.29) is 0 Å². The third-order valence-electron chi connectivity index (χ3n) is 5.61. The Morgan fingerprint density at radius 1 is 0.929 bits per heavy atom. The van der Waals surface area contributed by atoms with Gasteiger partial charge in [0, 0.05) is 47.9 Å². The second kappa shape index (κ2) is 8.45. The van der Waals surface area contributed by atoms with Crippen LogP contribution in [0.5, 0.6) is 0 Å². The number of aromatic nitrogens is 1. The molecule has 148 valence electrons. The first kappa shape index (κ1) is 19.2. The maximum Gasteiger partial charge on any atom is 0.136 e. The molecule has 0 aliphatic carbocycles. The van der Waals surface area contributed by atoms with Gasteiger partial charge in [-0.2, -0.15) is 0 Å². The molecule has 1 aliphatic heterocycles. The van der Waals surface area contributed by atoms with Crippen molar-refractivity contribution in [3.63, 3.8) is 0 Å². The molecule has 0 spiro atoms. The SMILES string of the molecule is CCCNCc1cn(CCCN2C(O)c3ccccc3C2O)c2ccccc12. The van der Waals surface area contributed by atoms with Crippen molar-refractivity contribution in [2.45, 2.75) is 45.3 Å². The van der Waals surface area contributed by atoms with Crippen LogP contribution in [0.15, 0.2) is 54.7 Å². The standard InChI is InChI=1S/C23H29N3O2/c1-2-12-24-15-17-16-25(21-11-6-5-8-18(17)21)13-7-14-26-22(27)19-9-3-4-10-20(19)23(26)28/h3-6,8-11,16,22-24,27-28H,2,7,12-15H2,1H3. The Bertz CT molecular complexity index is 907. The summed E-state index contributed by atoms with van der Waals surface area (Å²) in [7, 11) is 0.